The van der Waals surface area contributed by atoms with Crippen LogP contribution in [0.25, 0.3) is 0 Å². The normalized spacial score (nSPS) is 20.6. The SMILES string of the molecule is CNc1cc(C(=O)NC2CCCNCC2)[nH]n1. The second-order valence-electron chi connectivity index (χ2n) is 4.27. The monoisotopic (exact) mass is 237 g/mol. The Balaban J connectivity index is 1.91. The lowest BCUT2D eigenvalue weighted by Crippen LogP contribution is -2.35. The third-order valence-electron chi connectivity index (χ3n) is 2.99. The minimum atomic E-state index is -0.0779. The second kappa shape index (κ2) is 5.67. The molecule has 1 aromatic rings. The molecule has 2 heterocycles. The highest BCUT2D eigenvalue weighted by molar-refractivity contribution is 5.93. The highest BCUT2D eigenvalue weighted by Gasteiger charge is 2.16. The van der Waals surface area contributed by atoms with E-state index in [1.54, 1.807) is 13.1 Å². The molecule has 6 nitrogen and oxygen atoms in total. The highest BCUT2D eigenvalue weighted by atomic mass is 16.2. The summed E-state index contributed by atoms with van der Waals surface area (Å²) in [4.78, 5) is 11.9. The lowest BCUT2D eigenvalue weighted by atomic mass is 10.1. The number of carbonyl (C=O) groups is 1. The minimum Gasteiger partial charge on any atom is -0.372 e. The van der Waals surface area contributed by atoms with E-state index in [-0.39, 0.29) is 11.9 Å². The Kier molecular flexibility index (Phi) is 3.98. The maximum Gasteiger partial charge on any atom is 0.269 e. The summed E-state index contributed by atoms with van der Waals surface area (Å²) in [7, 11) is 1.77. The molecule has 6 heteroatoms. The molecule has 1 fully saturated rings. The fraction of sp³-hybridized carbons (Fsp3) is 0.636. The predicted octanol–water partition coefficient (Wildman–Crippen LogP) is 0.323. The van der Waals surface area contributed by atoms with E-state index in [9.17, 15) is 4.79 Å². The van der Waals surface area contributed by atoms with E-state index in [0.717, 1.165) is 32.4 Å². The number of aromatic nitrogens is 2. The van der Waals surface area contributed by atoms with E-state index in [0.29, 0.717) is 11.5 Å². The summed E-state index contributed by atoms with van der Waals surface area (Å²) >= 11 is 0. The molecule has 1 atom stereocenters. The summed E-state index contributed by atoms with van der Waals surface area (Å²) in [5, 5.41) is 15.9. The van der Waals surface area contributed by atoms with Crippen LogP contribution in [-0.2, 0) is 0 Å². The topological polar surface area (TPSA) is 81.8 Å². The van der Waals surface area contributed by atoms with Gasteiger partial charge in [0.2, 0.25) is 0 Å². The zero-order chi connectivity index (χ0) is 12.1. The molecule has 1 amide bonds. The third kappa shape index (κ3) is 3.20. The largest absolute Gasteiger partial charge is 0.372 e. The van der Waals surface area contributed by atoms with Crippen molar-refractivity contribution in [2.24, 2.45) is 0 Å². The van der Waals surface area contributed by atoms with Crippen molar-refractivity contribution < 1.29 is 4.79 Å². The molecule has 1 aliphatic heterocycles. The van der Waals surface area contributed by atoms with Crippen LogP contribution < -0.4 is 16.0 Å². The number of H-pyrrole nitrogens is 1. The predicted molar refractivity (Wildman–Crippen MR) is 66.1 cm³/mol. The summed E-state index contributed by atoms with van der Waals surface area (Å²) in [5.74, 6) is 0.601. The molecule has 0 saturated carbocycles. The van der Waals surface area contributed by atoms with Gasteiger partial charge in [-0.3, -0.25) is 9.89 Å². The fourth-order valence-electron chi connectivity index (χ4n) is 1.99. The number of hydrogen-bond donors (Lipinski definition) is 4. The van der Waals surface area contributed by atoms with Crippen molar-refractivity contribution in [3.8, 4) is 0 Å². The number of rotatable bonds is 3. The first kappa shape index (κ1) is 11.9. The second-order valence-corrected chi connectivity index (χ2v) is 4.27. The number of nitrogens with zero attached hydrogens (tertiary/aromatic N) is 1. The summed E-state index contributed by atoms with van der Waals surface area (Å²) in [6, 6.07) is 1.98. The Morgan fingerprint density at radius 2 is 2.35 bits per heavy atom. The fourth-order valence-corrected chi connectivity index (χ4v) is 1.99. The van der Waals surface area contributed by atoms with Gasteiger partial charge in [0.1, 0.15) is 11.5 Å². The van der Waals surface area contributed by atoms with Crippen LogP contribution in [0.5, 0.6) is 0 Å². The molecule has 94 valence electrons. The number of anilines is 1. The Bertz CT molecular complexity index is 368. The van der Waals surface area contributed by atoms with Crippen LogP contribution in [0.1, 0.15) is 29.8 Å². The standard InChI is InChI=1S/C11H19N5O/c1-12-10-7-9(15-16-10)11(17)14-8-3-2-5-13-6-4-8/h7-8,13H,2-6H2,1H3,(H,14,17)(H2,12,15,16). The summed E-state index contributed by atoms with van der Waals surface area (Å²) in [5.41, 5.74) is 0.506. The van der Waals surface area contributed by atoms with Crippen molar-refractivity contribution in [3.63, 3.8) is 0 Å². The summed E-state index contributed by atoms with van der Waals surface area (Å²) in [6.45, 7) is 2.01. The first-order chi connectivity index (χ1) is 8.29. The Morgan fingerprint density at radius 3 is 3.12 bits per heavy atom. The van der Waals surface area contributed by atoms with Gasteiger partial charge in [-0.05, 0) is 32.4 Å². The number of hydrogen-bond acceptors (Lipinski definition) is 4. The lowest BCUT2D eigenvalue weighted by molar-refractivity contribution is 0.0929. The molecule has 1 unspecified atom stereocenters. The van der Waals surface area contributed by atoms with Crippen molar-refractivity contribution in [1.29, 1.82) is 0 Å². The average Bonchev–Trinajstić information content (AvgIpc) is 2.68. The molecular weight excluding hydrogens is 218 g/mol. The van der Waals surface area contributed by atoms with Crippen molar-refractivity contribution >= 4 is 11.7 Å². The maximum absolute atomic E-state index is 11.9. The van der Waals surface area contributed by atoms with Gasteiger partial charge in [0, 0.05) is 19.2 Å². The zero-order valence-electron chi connectivity index (χ0n) is 10.0. The van der Waals surface area contributed by atoms with Crippen LogP contribution in [0, 0.1) is 0 Å². The minimum absolute atomic E-state index is 0.0779. The van der Waals surface area contributed by atoms with Crippen LogP contribution >= 0.6 is 0 Å². The van der Waals surface area contributed by atoms with Crippen molar-refractivity contribution in [3.05, 3.63) is 11.8 Å². The molecule has 0 spiro atoms. The quantitative estimate of drug-likeness (QED) is 0.610. The van der Waals surface area contributed by atoms with E-state index >= 15 is 0 Å². The van der Waals surface area contributed by atoms with Gasteiger partial charge < -0.3 is 16.0 Å². The molecule has 2 rings (SSSR count). The van der Waals surface area contributed by atoms with Gasteiger partial charge in [-0.25, -0.2) is 0 Å². The van der Waals surface area contributed by atoms with Gasteiger partial charge in [0.25, 0.3) is 5.91 Å². The van der Waals surface area contributed by atoms with Crippen molar-refractivity contribution in [2.45, 2.75) is 25.3 Å². The van der Waals surface area contributed by atoms with E-state index in [2.05, 4.69) is 26.1 Å². The summed E-state index contributed by atoms with van der Waals surface area (Å²) in [6.07, 6.45) is 3.13. The van der Waals surface area contributed by atoms with Gasteiger partial charge in [0.05, 0.1) is 0 Å². The Labute approximate surface area is 101 Å². The average molecular weight is 237 g/mol. The maximum atomic E-state index is 11.9. The van der Waals surface area contributed by atoms with Crippen molar-refractivity contribution in [1.82, 2.24) is 20.8 Å². The van der Waals surface area contributed by atoms with Crippen LogP contribution in [0.3, 0.4) is 0 Å². The molecule has 1 aliphatic rings. The molecule has 0 aromatic carbocycles. The molecule has 4 N–H and O–H groups in total. The van der Waals surface area contributed by atoms with Gasteiger partial charge in [-0.15, -0.1) is 0 Å². The van der Waals surface area contributed by atoms with E-state index in [1.807, 2.05) is 0 Å². The Hall–Kier alpha value is -1.56. The van der Waals surface area contributed by atoms with Crippen molar-refractivity contribution in [2.75, 3.05) is 25.5 Å². The first-order valence-corrected chi connectivity index (χ1v) is 6.04. The van der Waals surface area contributed by atoms with Gasteiger partial charge in [-0.1, -0.05) is 0 Å². The van der Waals surface area contributed by atoms with E-state index in [1.165, 1.54) is 0 Å². The molecule has 1 saturated heterocycles. The van der Waals surface area contributed by atoms with Gasteiger partial charge >= 0.3 is 0 Å². The lowest BCUT2D eigenvalue weighted by Gasteiger charge is -2.14. The zero-order valence-corrected chi connectivity index (χ0v) is 10.0. The van der Waals surface area contributed by atoms with Gasteiger partial charge in [0.15, 0.2) is 0 Å². The number of amides is 1. The molecule has 1 aromatic heterocycles. The number of carbonyl (C=O) groups excluding carboxylic acids is 1. The number of aromatic amines is 1. The third-order valence-corrected chi connectivity index (χ3v) is 2.99. The van der Waals surface area contributed by atoms with Crippen LogP contribution in [0.2, 0.25) is 0 Å². The van der Waals surface area contributed by atoms with Gasteiger partial charge in [-0.2, -0.15) is 5.10 Å². The Morgan fingerprint density at radius 1 is 1.47 bits per heavy atom. The van der Waals surface area contributed by atoms with E-state index in [4.69, 9.17) is 0 Å². The summed E-state index contributed by atoms with van der Waals surface area (Å²) < 4.78 is 0. The van der Waals surface area contributed by atoms with E-state index < -0.39 is 0 Å². The molecule has 0 aliphatic carbocycles. The molecule has 0 bridgehead atoms. The van der Waals surface area contributed by atoms with Crippen LogP contribution in [-0.4, -0.2) is 42.3 Å². The number of nitrogens with one attached hydrogen (secondary N) is 4. The first-order valence-electron chi connectivity index (χ1n) is 6.04. The van der Waals surface area contributed by atoms with Crippen LogP contribution in [0.4, 0.5) is 5.82 Å². The molecule has 17 heavy (non-hydrogen) atoms. The highest BCUT2D eigenvalue weighted by Crippen LogP contribution is 2.08. The smallest absolute Gasteiger partial charge is 0.269 e. The van der Waals surface area contributed by atoms with Crippen LogP contribution in [0.15, 0.2) is 6.07 Å². The molecule has 0 radical (unpaired) electrons. The molecular formula is C11H19N5O.